The molecule has 6 heteroatoms. The van der Waals surface area contributed by atoms with E-state index in [9.17, 15) is 4.79 Å². The van der Waals surface area contributed by atoms with Crippen LogP contribution >= 0.6 is 23.4 Å². The van der Waals surface area contributed by atoms with E-state index in [1.54, 1.807) is 19.2 Å². The van der Waals surface area contributed by atoms with Gasteiger partial charge in [-0.1, -0.05) is 22.8 Å². The van der Waals surface area contributed by atoms with Gasteiger partial charge in [0, 0.05) is 10.5 Å². The molecule has 2 aromatic rings. The molecule has 0 heterocycles. The van der Waals surface area contributed by atoms with Crippen molar-refractivity contribution in [2.45, 2.75) is 24.2 Å². The van der Waals surface area contributed by atoms with Crippen LogP contribution in [0.15, 0.2) is 46.4 Å². The molecule has 0 spiro atoms. The maximum absolute atomic E-state index is 12.4. The van der Waals surface area contributed by atoms with Gasteiger partial charge in [-0.15, -0.1) is 11.8 Å². The lowest BCUT2D eigenvalue weighted by Gasteiger charge is -2.18. The largest absolute Gasteiger partial charge is 0.497 e. The second-order valence-electron chi connectivity index (χ2n) is 5.64. The molecule has 130 valence electrons. The number of aryl methyl sites for hydroxylation is 1. The third kappa shape index (κ3) is 3.99. The topological polar surface area (TPSA) is 47.9 Å². The average molecular weight is 376 g/mol. The quantitative estimate of drug-likeness (QED) is 0.430. The molecular formula is C19H18ClNO3S. The summed E-state index contributed by atoms with van der Waals surface area (Å²) < 4.78 is 5.28. The molecule has 0 bridgehead atoms. The molecule has 0 saturated heterocycles. The fourth-order valence-corrected chi connectivity index (χ4v) is 3.41. The summed E-state index contributed by atoms with van der Waals surface area (Å²) in [5, 5.41) is 4.47. The van der Waals surface area contributed by atoms with Crippen molar-refractivity contribution in [1.82, 2.24) is 0 Å². The number of carbonyl (C=O) groups excluding carboxylic acids is 1. The number of methoxy groups -OCH3 is 1. The first kappa shape index (κ1) is 17.8. The first-order valence-corrected chi connectivity index (χ1v) is 9.51. The van der Waals surface area contributed by atoms with E-state index in [4.69, 9.17) is 21.2 Å². The Morgan fingerprint density at radius 3 is 2.80 bits per heavy atom. The zero-order valence-electron chi connectivity index (χ0n) is 14.0. The number of oxime groups is 1. The Morgan fingerprint density at radius 1 is 1.20 bits per heavy atom. The van der Waals surface area contributed by atoms with Gasteiger partial charge in [0.25, 0.3) is 0 Å². The van der Waals surface area contributed by atoms with Crippen molar-refractivity contribution in [2.24, 2.45) is 5.16 Å². The summed E-state index contributed by atoms with van der Waals surface area (Å²) in [5.74, 6) is 0.207. The standard InChI is InChI=1S/C19H18ClNO3S/c1-23-13-7-6-12-4-3-5-18(15(12)10-13)21-24-19(22)16-11-14(25-2)8-9-17(16)20/h6-11H,3-5H2,1-2H3/b21-18+. The van der Waals surface area contributed by atoms with Crippen LogP contribution in [0.1, 0.15) is 34.3 Å². The van der Waals surface area contributed by atoms with Gasteiger partial charge in [0.15, 0.2) is 0 Å². The second-order valence-corrected chi connectivity index (χ2v) is 6.93. The number of halogens is 1. The number of nitrogens with zero attached hydrogens (tertiary/aromatic N) is 1. The summed E-state index contributed by atoms with van der Waals surface area (Å²) in [6, 6.07) is 11.2. The van der Waals surface area contributed by atoms with Crippen LogP contribution < -0.4 is 4.74 Å². The number of rotatable bonds is 4. The average Bonchev–Trinajstić information content (AvgIpc) is 2.66. The van der Waals surface area contributed by atoms with Crippen molar-refractivity contribution in [3.63, 3.8) is 0 Å². The van der Waals surface area contributed by atoms with E-state index in [0.717, 1.165) is 41.2 Å². The van der Waals surface area contributed by atoms with E-state index in [1.165, 1.54) is 17.3 Å². The highest BCUT2D eigenvalue weighted by Gasteiger charge is 2.19. The lowest BCUT2D eigenvalue weighted by Crippen LogP contribution is -2.14. The molecule has 0 radical (unpaired) electrons. The Kier molecular flexibility index (Phi) is 5.66. The molecule has 1 aliphatic rings. The highest BCUT2D eigenvalue weighted by Crippen LogP contribution is 2.27. The molecule has 4 nitrogen and oxygen atoms in total. The molecule has 2 aromatic carbocycles. The van der Waals surface area contributed by atoms with Crippen LogP contribution in [0.4, 0.5) is 0 Å². The Bertz CT molecular complexity index is 835. The minimum Gasteiger partial charge on any atom is -0.497 e. The lowest BCUT2D eigenvalue weighted by molar-refractivity contribution is 0.0515. The number of hydrogen-bond donors (Lipinski definition) is 0. The second kappa shape index (κ2) is 7.93. The van der Waals surface area contributed by atoms with E-state index in [1.807, 2.05) is 30.5 Å². The van der Waals surface area contributed by atoms with E-state index in [0.29, 0.717) is 10.6 Å². The maximum atomic E-state index is 12.4. The number of thioether (sulfide) groups is 1. The van der Waals surface area contributed by atoms with Crippen LogP contribution in [0.25, 0.3) is 0 Å². The third-order valence-corrected chi connectivity index (χ3v) is 5.17. The van der Waals surface area contributed by atoms with Crippen LogP contribution in [0.2, 0.25) is 5.02 Å². The molecule has 1 aliphatic carbocycles. The van der Waals surface area contributed by atoms with Gasteiger partial charge in [0.05, 0.1) is 23.4 Å². The number of ether oxygens (including phenoxy) is 1. The fourth-order valence-electron chi connectivity index (χ4n) is 2.78. The summed E-state index contributed by atoms with van der Waals surface area (Å²) in [4.78, 5) is 18.5. The van der Waals surface area contributed by atoms with Crippen LogP contribution in [-0.4, -0.2) is 25.0 Å². The highest BCUT2D eigenvalue weighted by atomic mass is 35.5. The minimum absolute atomic E-state index is 0.319. The van der Waals surface area contributed by atoms with Gasteiger partial charge in [-0.3, -0.25) is 0 Å². The maximum Gasteiger partial charge on any atom is 0.367 e. The number of benzene rings is 2. The normalized spacial score (nSPS) is 14.9. The van der Waals surface area contributed by atoms with Crippen LogP contribution in [0.3, 0.4) is 0 Å². The third-order valence-electron chi connectivity index (χ3n) is 4.12. The van der Waals surface area contributed by atoms with Gasteiger partial charge in [-0.2, -0.15) is 0 Å². The van der Waals surface area contributed by atoms with E-state index in [2.05, 4.69) is 5.16 Å². The first-order valence-electron chi connectivity index (χ1n) is 7.91. The van der Waals surface area contributed by atoms with Gasteiger partial charge in [-0.25, -0.2) is 4.79 Å². The lowest BCUT2D eigenvalue weighted by atomic mass is 9.90. The summed E-state index contributed by atoms with van der Waals surface area (Å²) in [6.07, 6.45) is 4.64. The van der Waals surface area contributed by atoms with Gasteiger partial charge in [0.1, 0.15) is 5.75 Å². The smallest absolute Gasteiger partial charge is 0.367 e. The zero-order chi connectivity index (χ0) is 17.8. The summed E-state index contributed by atoms with van der Waals surface area (Å²) in [6.45, 7) is 0. The monoisotopic (exact) mass is 375 g/mol. The summed E-state index contributed by atoms with van der Waals surface area (Å²) in [5.41, 5.74) is 3.23. The molecule has 0 aliphatic heterocycles. The van der Waals surface area contributed by atoms with Crippen LogP contribution in [0.5, 0.6) is 5.75 Å². The highest BCUT2D eigenvalue weighted by molar-refractivity contribution is 7.98. The Balaban J connectivity index is 1.85. The van der Waals surface area contributed by atoms with Crippen molar-refractivity contribution in [3.05, 3.63) is 58.1 Å². The molecule has 0 amide bonds. The molecule has 3 rings (SSSR count). The Labute approximate surface area is 156 Å². The SMILES string of the molecule is COc1ccc2c(c1)/C(=N/OC(=O)c1cc(SC)ccc1Cl)CCC2. The number of carbonyl (C=O) groups is 1. The molecule has 25 heavy (non-hydrogen) atoms. The molecule has 0 saturated carbocycles. The van der Waals surface area contributed by atoms with Gasteiger partial charge in [0.2, 0.25) is 0 Å². The van der Waals surface area contributed by atoms with E-state index in [-0.39, 0.29) is 0 Å². The zero-order valence-corrected chi connectivity index (χ0v) is 15.6. The fraction of sp³-hybridized carbons (Fsp3) is 0.263. The van der Waals surface area contributed by atoms with Gasteiger partial charge < -0.3 is 9.57 Å². The molecule has 0 unspecified atom stereocenters. The van der Waals surface area contributed by atoms with Gasteiger partial charge in [-0.05, 0) is 61.4 Å². The van der Waals surface area contributed by atoms with Crippen LogP contribution in [-0.2, 0) is 11.3 Å². The molecular weight excluding hydrogens is 358 g/mol. The predicted molar refractivity (Wildman–Crippen MR) is 101 cm³/mol. The van der Waals surface area contributed by atoms with Crippen molar-refractivity contribution in [3.8, 4) is 5.75 Å². The predicted octanol–water partition coefficient (Wildman–Crippen LogP) is 4.97. The Hall–Kier alpha value is -1.98. The molecule has 0 N–H and O–H groups in total. The van der Waals surface area contributed by atoms with E-state index < -0.39 is 5.97 Å². The summed E-state index contributed by atoms with van der Waals surface area (Å²) >= 11 is 7.65. The van der Waals surface area contributed by atoms with Crippen molar-refractivity contribution in [2.75, 3.05) is 13.4 Å². The number of hydrogen-bond acceptors (Lipinski definition) is 5. The van der Waals surface area contributed by atoms with E-state index >= 15 is 0 Å². The molecule has 0 atom stereocenters. The number of fused-ring (bicyclic) bond motifs is 1. The molecule has 0 aromatic heterocycles. The molecule has 0 fully saturated rings. The Morgan fingerprint density at radius 2 is 2.04 bits per heavy atom. The van der Waals surface area contributed by atoms with Crippen molar-refractivity contribution >= 4 is 35.0 Å². The van der Waals surface area contributed by atoms with Gasteiger partial charge >= 0.3 is 5.97 Å². The summed E-state index contributed by atoms with van der Waals surface area (Å²) in [7, 11) is 1.63. The minimum atomic E-state index is -0.552. The van der Waals surface area contributed by atoms with Crippen LogP contribution in [0, 0.1) is 0 Å². The van der Waals surface area contributed by atoms with Crippen molar-refractivity contribution < 1.29 is 14.4 Å². The first-order chi connectivity index (χ1) is 12.1. The van der Waals surface area contributed by atoms with Crippen molar-refractivity contribution in [1.29, 1.82) is 0 Å².